The Kier molecular flexibility index (Phi) is 2.80. The van der Waals surface area contributed by atoms with Crippen molar-refractivity contribution in [2.24, 2.45) is 10.8 Å². The Hall–Kier alpha value is -0.920. The largest absolute Gasteiger partial charge is 0.486 e. The third kappa shape index (κ3) is 2.22. The molecule has 2 heteroatoms. The fourth-order valence-corrected chi connectivity index (χ4v) is 2.42. The Morgan fingerprint density at radius 1 is 0.706 bits per heavy atom. The molecule has 0 aromatic carbocycles. The Balaban J connectivity index is 2.44. The van der Waals surface area contributed by atoms with Crippen molar-refractivity contribution >= 4 is 0 Å². The van der Waals surface area contributed by atoms with E-state index in [1.54, 1.807) is 0 Å². The zero-order valence-corrected chi connectivity index (χ0v) is 11.9. The van der Waals surface area contributed by atoms with Gasteiger partial charge in [-0.2, -0.15) is 0 Å². The lowest BCUT2D eigenvalue weighted by Gasteiger charge is -2.25. The Labute approximate surface area is 105 Å². The van der Waals surface area contributed by atoms with Crippen LogP contribution in [0.15, 0.2) is 22.7 Å². The smallest absolute Gasteiger partial charge is 0.161 e. The lowest BCUT2D eigenvalue weighted by atomic mass is 9.79. The van der Waals surface area contributed by atoms with Gasteiger partial charge in [0, 0.05) is 0 Å². The molecule has 2 rings (SSSR count). The van der Waals surface area contributed by atoms with Crippen LogP contribution in [0.2, 0.25) is 0 Å². The van der Waals surface area contributed by atoms with E-state index in [1.807, 2.05) is 0 Å². The first-order chi connectivity index (χ1) is 7.71. The van der Waals surface area contributed by atoms with Gasteiger partial charge in [0.25, 0.3) is 0 Å². The average Bonchev–Trinajstić information content (AvgIpc) is 2.55. The maximum absolute atomic E-state index is 5.86. The predicted molar refractivity (Wildman–Crippen MR) is 69.5 cm³/mol. The van der Waals surface area contributed by atoms with Gasteiger partial charge in [-0.15, -0.1) is 0 Å². The number of rotatable bonds is 0. The molecule has 0 atom stereocenters. The van der Waals surface area contributed by atoms with Gasteiger partial charge >= 0.3 is 0 Å². The van der Waals surface area contributed by atoms with E-state index >= 15 is 0 Å². The molecule has 0 aromatic rings. The molecule has 0 unspecified atom stereocenters. The monoisotopic (exact) mass is 236 g/mol. The normalized spacial score (nSPS) is 21.3. The third-order valence-electron chi connectivity index (χ3n) is 3.49. The van der Waals surface area contributed by atoms with Crippen LogP contribution >= 0.6 is 0 Å². The van der Waals surface area contributed by atoms with E-state index in [9.17, 15) is 0 Å². The van der Waals surface area contributed by atoms with Crippen LogP contribution in [0.3, 0.4) is 0 Å². The molecule has 1 aliphatic carbocycles. The van der Waals surface area contributed by atoms with E-state index in [0.29, 0.717) is 13.2 Å². The molecule has 17 heavy (non-hydrogen) atoms. The molecule has 1 saturated heterocycles. The summed E-state index contributed by atoms with van der Waals surface area (Å²) in [6, 6.07) is 0. The Bertz CT molecular complexity index is 348. The molecule has 0 amide bonds. The second-order valence-electron chi connectivity index (χ2n) is 6.99. The summed E-state index contributed by atoms with van der Waals surface area (Å²) in [5, 5.41) is 0. The minimum atomic E-state index is 0.147. The first-order valence-electron chi connectivity index (χ1n) is 6.44. The van der Waals surface area contributed by atoms with Crippen molar-refractivity contribution in [3.63, 3.8) is 0 Å². The summed E-state index contributed by atoms with van der Waals surface area (Å²) in [5.41, 5.74) is 3.07. The van der Waals surface area contributed by atoms with Crippen molar-refractivity contribution in [2.75, 3.05) is 13.2 Å². The number of ether oxygens (including phenoxy) is 2. The zero-order valence-electron chi connectivity index (χ0n) is 11.9. The molecule has 0 saturated carbocycles. The lowest BCUT2D eigenvalue weighted by Crippen LogP contribution is -2.18. The van der Waals surface area contributed by atoms with Gasteiger partial charge < -0.3 is 9.47 Å². The van der Waals surface area contributed by atoms with Crippen molar-refractivity contribution in [3.05, 3.63) is 22.7 Å². The van der Waals surface area contributed by atoms with Crippen LogP contribution in [0.1, 0.15) is 48.0 Å². The van der Waals surface area contributed by atoms with Crippen LogP contribution < -0.4 is 0 Å². The molecule has 96 valence electrons. The van der Waals surface area contributed by atoms with E-state index in [2.05, 4.69) is 41.5 Å². The molecule has 1 heterocycles. The van der Waals surface area contributed by atoms with Crippen molar-refractivity contribution in [1.82, 2.24) is 0 Å². The standard InChI is InChI=1S/C15H24O2/c1-14(2,3)10-9-11(15(4,5)6)13-12(10)16-7-8-17-13/h7-9H2,1-6H3. The van der Waals surface area contributed by atoms with E-state index < -0.39 is 0 Å². The summed E-state index contributed by atoms with van der Waals surface area (Å²) in [5.74, 6) is 2.04. The van der Waals surface area contributed by atoms with Gasteiger partial charge in [-0.3, -0.25) is 0 Å². The highest BCUT2D eigenvalue weighted by Gasteiger charge is 2.39. The van der Waals surface area contributed by atoms with Crippen LogP contribution in [0.5, 0.6) is 0 Å². The Morgan fingerprint density at radius 2 is 1.06 bits per heavy atom. The predicted octanol–water partition coefficient (Wildman–Crippen LogP) is 4.04. The molecule has 2 aliphatic rings. The van der Waals surface area contributed by atoms with Crippen molar-refractivity contribution in [3.8, 4) is 0 Å². The number of hydrogen-bond donors (Lipinski definition) is 0. The lowest BCUT2D eigenvalue weighted by molar-refractivity contribution is 0.0555. The van der Waals surface area contributed by atoms with Gasteiger partial charge in [-0.1, -0.05) is 41.5 Å². The summed E-state index contributed by atoms with van der Waals surface area (Å²) >= 11 is 0. The minimum Gasteiger partial charge on any atom is -0.486 e. The summed E-state index contributed by atoms with van der Waals surface area (Å²) in [6.07, 6.45) is 0.998. The van der Waals surface area contributed by atoms with Crippen molar-refractivity contribution in [2.45, 2.75) is 48.0 Å². The molecular formula is C15H24O2. The van der Waals surface area contributed by atoms with E-state index in [1.165, 1.54) is 11.1 Å². The third-order valence-corrected chi connectivity index (χ3v) is 3.49. The van der Waals surface area contributed by atoms with Crippen molar-refractivity contribution < 1.29 is 9.47 Å². The number of fused-ring (bicyclic) bond motifs is 1. The Morgan fingerprint density at radius 3 is 1.35 bits per heavy atom. The molecule has 0 spiro atoms. The molecule has 1 aliphatic heterocycles. The van der Waals surface area contributed by atoms with E-state index in [4.69, 9.17) is 9.47 Å². The zero-order chi connectivity index (χ0) is 12.8. The topological polar surface area (TPSA) is 18.5 Å². The summed E-state index contributed by atoms with van der Waals surface area (Å²) in [6.45, 7) is 14.8. The molecule has 0 aromatic heterocycles. The molecule has 0 bridgehead atoms. The van der Waals surface area contributed by atoms with E-state index in [0.717, 1.165) is 17.9 Å². The summed E-state index contributed by atoms with van der Waals surface area (Å²) in [7, 11) is 0. The van der Waals surface area contributed by atoms with Gasteiger partial charge in [0.05, 0.1) is 0 Å². The van der Waals surface area contributed by atoms with E-state index in [-0.39, 0.29) is 10.8 Å². The molecule has 0 N–H and O–H groups in total. The fraction of sp³-hybridized carbons (Fsp3) is 0.733. The average molecular weight is 236 g/mol. The van der Waals surface area contributed by atoms with Crippen molar-refractivity contribution in [1.29, 1.82) is 0 Å². The van der Waals surface area contributed by atoms with Gasteiger partial charge in [0.2, 0.25) is 0 Å². The second-order valence-corrected chi connectivity index (χ2v) is 6.99. The maximum atomic E-state index is 5.86. The fourth-order valence-electron chi connectivity index (χ4n) is 2.42. The van der Waals surface area contributed by atoms with Crippen LogP contribution in [0, 0.1) is 10.8 Å². The minimum absolute atomic E-state index is 0.147. The van der Waals surface area contributed by atoms with Crippen LogP contribution in [0.4, 0.5) is 0 Å². The highest BCUT2D eigenvalue weighted by Crippen LogP contribution is 2.49. The van der Waals surface area contributed by atoms with Gasteiger partial charge in [-0.05, 0) is 28.4 Å². The quantitative estimate of drug-likeness (QED) is 0.632. The number of hydrogen-bond acceptors (Lipinski definition) is 2. The maximum Gasteiger partial charge on any atom is 0.161 e. The van der Waals surface area contributed by atoms with Gasteiger partial charge in [0.15, 0.2) is 11.5 Å². The molecule has 0 radical (unpaired) electrons. The van der Waals surface area contributed by atoms with Crippen LogP contribution in [0.25, 0.3) is 0 Å². The highest BCUT2D eigenvalue weighted by molar-refractivity contribution is 5.45. The SMILES string of the molecule is CC(C)(C)C1=C2OCCOC2=C(C(C)(C)C)C1. The molecule has 2 nitrogen and oxygen atoms in total. The van der Waals surface area contributed by atoms with Crippen LogP contribution in [-0.4, -0.2) is 13.2 Å². The first kappa shape index (κ1) is 12.5. The summed E-state index contributed by atoms with van der Waals surface area (Å²) < 4.78 is 11.7. The van der Waals surface area contributed by atoms with Crippen LogP contribution in [-0.2, 0) is 9.47 Å². The number of allylic oxidation sites excluding steroid dienone is 2. The second kappa shape index (κ2) is 3.79. The molecule has 1 fully saturated rings. The molecular weight excluding hydrogens is 212 g/mol. The highest BCUT2D eigenvalue weighted by atomic mass is 16.6. The first-order valence-corrected chi connectivity index (χ1v) is 6.44. The summed E-state index contributed by atoms with van der Waals surface area (Å²) in [4.78, 5) is 0. The van der Waals surface area contributed by atoms with Gasteiger partial charge in [-0.25, -0.2) is 0 Å². The van der Waals surface area contributed by atoms with Gasteiger partial charge in [0.1, 0.15) is 13.2 Å².